The number of carbonyl (C=O) groups excluding carboxylic acids is 1. The Bertz CT molecular complexity index is 1060. The van der Waals surface area contributed by atoms with Crippen molar-refractivity contribution < 1.29 is 17.6 Å². The average Bonchev–Trinajstić information content (AvgIpc) is 2.72. The molecule has 8 heteroatoms. The molecule has 0 aliphatic heterocycles. The zero-order valence-corrected chi connectivity index (χ0v) is 16.5. The molecule has 0 saturated heterocycles. The van der Waals surface area contributed by atoms with E-state index in [4.69, 9.17) is 5.26 Å². The van der Waals surface area contributed by atoms with Crippen LogP contribution in [0.3, 0.4) is 0 Å². The molecule has 0 aromatic heterocycles. The fourth-order valence-corrected chi connectivity index (χ4v) is 3.65. The zero-order chi connectivity index (χ0) is 21.4. The standard InChI is InChI=1S/C21H20FN3O3S/c1-3-11-24-29(27,28)20-13-18(9-10-19(20)22)21(26)25(12-4-2)15-17-7-5-16(14-23)6-8-17/h3-10,13,24H,1-2,11-12,15H2. The van der Waals surface area contributed by atoms with Crippen molar-refractivity contribution in [3.63, 3.8) is 0 Å². The van der Waals surface area contributed by atoms with Crippen molar-refractivity contribution in [3.8, 4) is 6.07 Å². The Labute approximate surface area is 169 Å². The molecule has 0 heterocycles. The molecule has 0 atom stereocenters. The number of benzene rings is 2. The molecule has 2 aromatic rings. The highest BCUT2D eigenvalue weighted by Gasteiger charge is 2.22. The van der Waals surface area contributed by atoms with Crippen molar-refractivity contribution in [2.24, 2.45) is 0 Å². The highest BCUT2D eigenvalue weighted by atomic mass is 32.2. The first-order chi connectivity index (χ1) is 13.8. The molecule has 0 aliphatic carbocycles. The Morgan fingerprint density at radius 3 is 2.45 bits per heavy atom. The van der Waals surface area contributed by atoms with Crippen LogP contribution >= 0.6 is 0 Å². The van der Waals surface area contributed by atoms with Crippen LogP contribution < -0.4 is 4.72 Å². The summed E-state index contributed by atoms with van der Waals surface area (Å²) in [4.78, 5) is 13.8. The van der Waals surface area contributed by atoms with E-state index in [1.54, 1.807) is 24.3 Å². The summed E-state index contributed by atoms with van der Waals surface area (Å²) in [7, 11) is -4.13. The van der Waals surface area contributed by atoms with E-state index in [1.807, 2.05) is 6.07 Å². The van der Waals surface area contributed by atoms with Gasteiger partial charge in [-0.2, -0.15) is 5.26 Å². The quantitative estimate of drug-likeness (QED) is 0.640. The van der Waals surface area contributed by atoms with Gasteiger partial charge < -0.3 is 4.90 Å². The molecular formula is C21H20FN3O3S. The monoisotopic (exact) mass is 413 g/mol. The van der Waals surface area contributed by atoms with Crippen LogP contribution in [0.25, 0.3) is 0 Å². The molecule has 0 unspecified atom stereocenters. The van der Waals surface area contributed by atoms with Crippen LogP contribution in [0.5, 0.6) is 0 Å². The number of halogens is 1. The number of hydrogen-bond acceptors (Lipinski definition) is 4. The van der Waals surface area contributed by atoms with Crippen LogP contribution in [0.2, 0.25) is 0 Å². The van der Waals surface area contributed by atoms with Crippen LogP contribution in [0.15, 0.2) is 72.7 Å². The highest BCUT2D eigenvalue weighted by Crippen LogP contribution is 2.19. The number of hydrogen-bond donors (Lipinski definition) is 1. The summed E-state index contributed by atoms with van der Waals surface area (Å²) in [6.07, 6.45) is 2.86. The van der Waals surface area contributed by atoms with Gasteiger partial charge in [0.1, 0.15) is 10.7 Å². The first-order valence-electron chi connectivity index (χ1n) is 8.61. The number of amides is 1. The molecule has 0 aliphatic rings. The Morgan fingerprint density at radius 2 is 1.86 bits per heavy atom. The van der Waals surface area contributed by atoms with Crippen molar-refractivity contribution in [2.75, 3.05) is 13.1 Å². The minimum atomic E-state index is -4.13. The van der Waals surface area contributed by atoms with Crippen LogP contribution in [0, 0.1) is 17.1 Å². The van der Waals surface area contributed by atoms with Gasteiger partial charge in [-0.15, -0.1) is 13.2 Å². The van der Waals surface area contributed by atoms with E-state index in [-0.39, 0.29) is 25.2 Å². The number of sulfonamides is 1. The van der Waals surface area contributed by atoms with Crippen LogP contribution in [0.1, 0.15) is 21.5 Å². The first kappa shape index (κ1) is 22.0. The maximum absolute atomic E-state index is 14.1. The van der Waals surface area contributed by atoms with E-state index in [1.165, 1.54) is 23.1 Å². The molecule has 150 valence electrons. The molecule has 0 fully saturated rings. The summed E-state index contributed by atoms with van der Waals surface area (Å²) in [6, 6.07) is 11.9. The third-order valence-electron chi connectivity index (χ3n) is 3.98. The predicted octanol–water partition coefficient (Wildman–Crippen LogP) is 2.99. The zero-order valence-electron chi connectivity index (χ0n) is 15.6. The molecule has 0 saturated carbocycles. The lowest BCUT2D eigenvalue weighted by molar-refractivity contribution is 0.0762. The van der Waals surface area contributed by atoms with E-state index in [0.717, 1.165) is 17.7 Å². The molecule has 1 amide bonds. The van der Waals surface area contributed by atoms with Gasteiger partial charge in [0, 0.05) is 25.2 Å². The van der Waals surface area contributed by atoms with Gasteiger partial charge in [-0.3, -0.25) is 4.79 Å². The molecule has 2 aromatic carbocycles. The van der Waals surface area contributed by atoms with Crippen molar-refractivity contribution in [1.29, 1.82) is 5.26 Å². The molecule has 0 spiro atoms. The van der Waals surface area contributed by atoms with Crippen molar-refractivity contribution in [2.45, 2.75) is 11.4 Å². The van der Waals surface area contributed by atoms with Crippen molar-refractivity contribution >= 4 is 15.9 Å². The number of nitrogens with zero attached hydrogens (tertiary/aromatic N) is 2. The second-order valence-electron chi connectivity index (χ2n) is 6.07. The van der Waals surface area contributed by atoms with E-state index >= 15 is 0 Å². The molecule has 1 N–H and O–H groups in total. The topological polar surface area (TPSA) is 90.3 Å². The predicted molar refractivity (Wildman–Crippen MR) is 108 cm³/mol. The highest BCUT2D eigenvalue weighted by molar-refractivity contribution is 7.89. The molecule has 2 rings (SSSR count). The average molecular weight is 413 g/mol. The van der Waals surface area contributed by atoms with Gasteiger partial charge in [-0.25, -0.2) is 17.5 Å². The first-order valence-corrected chi connectivity index (χ1v) is 10.1. The van der Waals surface area contributed by atoms with Crippen molar-refractivity contribution in [3.05, 3.63) is 90.3 Å². The van der Waals surface area contributed by atoms with Crippen LogP contribution in [0.4, 0.5) is 4.39 Å². The SMILES string of the molecule is C=CCNS(=O)(=O)c1cc(C(=O)N(CC=C)Cc2ccc(C#N)cc2)ccc1F. The van der Waals surface area contributed by atoms with Crippen LogP contribution in [-0.2, 0) is 16.6 Å². The Hall–Kier alpha value is -3.28. The maximum Gasteiger partial charge on any atom is 0.254 e. The summed E-state index contributed by atoms with van der Waals surface area (Å²) < 4.78 is 40.8. The minimum absolute atomic E-state index is 0.0286. The Kier molecular flexibility index (Phi) is 7.42. The van der Waals surface area contributed by atoms with E-state index in [0.29, 0.717) is 5.56 Å². The van der Waals surface area contributed by atoms with Gasteiger partial charge in [0.25, 0.3) is 5.91 Å². The summed E-state index contributed by atoms with van der Waals surface area (Å²) in [5, 5.41) is 8.88. The molecular weight excluding hydrogens is 393 g/mol. The van der Waals surface area contributed by atoms with E-state index in [2.05, 4.69) is 17.9 Å². The third kappa shape index (κ3) is 5.60. The normalized spacial score (nSPS) is 10.8. The number of carbonyl (C=O) groups is 1. The van der Waals surface area contributed by atoms with Gasteiger partial charge in [0.15, 0.2) is 0 Å². The Balaban J connectivity index is 2.33. The maximum atomic E-state index is 14.1. The fraction of sp³-hybridized carbons (Fsp3) is 0.143. The van der Waals surface area contributed by atoms with Gasteiger partial charge in [-0.1, -0.05) is 24.3 Å². The lowest BCUT2D eigenvalue weighted by Crippen LogP contribution is -2.31. The smallest absolute Gasteiger partial charge is 0.254 e. The van der Waals surface area contributed by atoms with Gasteiger partial charge in [-0.05, 0) is 35.9 Å². The second-order valence-corrected chi connectivity index (χ2v) is 7.80. The summed E-state index contributed by atoms with van der Waals surface area (Å²) in [5.74, 6) is -1.44. The van der Waals surface area contributed by atoms with E-state index in [9.17, 15) is 17.6 Å². The second kappa shape index (κ2) is 9.78. The Morgan fingerprint density at radius 1 is 1.17 bits per heavy atom. The third-order valence-corrected chi connectivity index (χ3v) is 5.42. The fourth-order valence-electron chi connectivity index (χ4n) is 2.55. The number of nitriles is 1. The lowest BCUT2D eigenvalue weighted by atomic mass is 10.1. The number of rotatable bonds is 9. The molecule has 0 bridgehead atoms. The van der Waals surface area contributed by atoms with E-state index < -0.39 is 26.6 Å². The minimum Gasteiger partial charge on any atom is -0.331 e. The lowest BCUT2D eigenvalue weighted by Gasteiger charge is -2.22. The van der Waals surface area contributed by atoms with Gasteiger partial charge in [0.05, 0.1) is 11.6 Å². The number of nitrogens with one attached hydrogen (secondary N) is 1. The van der Waals surface area contributed by atoms with Gasteiger partial charge >= 0.3 is 0 Å². The molecule has 29 heavy (non-hydrogen) atoms. The largest absolute Gasteiger partial charge is 0.331 e. The summed E-state index contributed by atoms with van der Waals surface area (Å²) in [6.45, 7) is 7.40. The molecule has 6 nitrogen and oxygen atoms in total. The van der Waals surface area contributed by atoms with Crippen molar-refractivity contribution in [1.82, 2.24) is 9.62 Å². The summed E-state index contributed by atoms with van der Waals surface area (Å²) in [5.41, 5.74) is 1.30. The summed E-state index contributed by atoms with van der Waals surface area (Å²) >= 11 is 0. The van der Waals surface area contributed by atoms with Gasteiger partial charge in [0.2, 0.25) is 10.0 Å². The molecule has 0 radical (unpaired) electrons. The van der Waals surface area contributed by atoms with Crippen LogP contribution in [-0.4, -0.2) is 32.3 Å².